The molecule has 0 saturated carbocycles. The van der Waals surface area contributed by atoms with E-state index in [9.17, 15) is 5.11 Å². The maximum atomic E-state index is 15.6. The zero-order valence-electron chi connectivity index (χ0n) is 19.9. The molecule has 1 unspecified atom stereocenters. The molecule has 12 heteroatoms. The number of aryl methyl sites for hydroxylation is 1. The minimum Gasteiger partial charge on any atom is -0.378 e. The molecule has 6 rings (SSSR count). The first kappa shape index (κ1) is 22.4. The standard InChI is InChI=1S/C24H26FN9O2/c1-13(22-26-6-3-7-27-22)28-21-17(24(35)30-15-12-33(2)32-20(15)21)23-29-14-4-5-16(18(25)19(14)31-23)34-8-10-36-11-9-34/h3-7,12-13,24,28,30,35H,8-11H2,1-2H3,(H,29,31)/t13-,24?/m0/s1. The van der Waals surface area contributed by atoms with E-state index < -0.39 is 12.0 Å². The molecule has 2 aliphatic rings. The first-order chi connectivity index (χ1) is 17.5. The number of nitrogens with one attached hydrogen (secondary N) is 3. The average molecular weight is 492 g/mol. The van der Waals surface area contributed by atoms with E-state index in [1.54, 1.807) is 42.5 Å². The number of hydrogen-bond acceptors (Lipinski definition) is 9. The molecular formula is C24H26FN9O2. The van der Waals surface area contributed by atoms with Gasteiger partial charge in [0.25, 0.3) is 0 Å². The van der Waals surface area contributed by atoms with Crippen molar-refractivity contribution in [2.75, 3.05) is 36.5 Å². The number of imidazole rings is 1. The molecule has 0 amide bonds. The Bertz CT molecular complexity index is 1440. The number of aliphatic hydroxyl groups excluding tert-OH is 1. The van der Waals surface area contributed by atoms with Crippen LogP contribution in [0, 0.1) is 5.82 Å². The van der Waals surface area contributed by atoms with Gasteiger partial charge in [0.05, 0.1) is 47.4 Å². The normalized spacial score (nSPS) is 18.8. The number of H-pyrrole nitrogens is 1. The molecule has 2 atom stereocenters. The number of halogens is 1. The first-order valence-electron chi connectivity index (χ1n) is 11.8. The van der Waals surface area contributed by atoms with Gasteiger partial charge in [0.1, 0.15) is 22.9 Å². The monoisotopic (exact) mass is 491 g/mol. The van der Waals surface area contributed by atoms with Crippen molar-refractivity contribution in [1.82, 2.24) is 35.0 Å². The van der Waals surface area contributed by atoms with Crippen LogP contribution < -0.4 is 15.5 Å². The third kappa shape index (κ3) is 3.84. The van der Waals surface area contributed by atoms with Crippen LogP contribution in [0.3, 0.4) is 0 Å². The van der Waals surface area contributed by atoms with Crippen LogP contribution in [0.2, 0.25) is 0 Å². The van der Waals surface area contributed by atoms with Crippen LogP contribution in [0.25, 0.3) is 22.3 Å². The van der Waals surface area contributed by atoms with Crippen molar-refractivity contribution < 1.29 is 14.2 Å². The van der Waals surface area contributed by atoms with Crippen molar-refractivity contribution in [3.63, 3.8) is 0 Å². The number of benzene rings is 1. The van der Waals surface area contributed by atoms with E-state index in [1.807, 2.05) is 17.9 Å². The minimum absolute atomic E-state index is 0.208. The summed E-state index contributed by atoms with van der Waals surface area (Å²) < 4.78 is 22.7. The van der Waals surface area contributed by atoms with Crippen molar-refractivity contribution in [3.8, 4) is 0 Å². The second-order valence-electron chi connectivity index (χ2n) is 8.85. The Labute approximate surface area is 206 Å². The van der Waals surface area contributed by atoms with E-state index >= 15 is 4.39 Å². The Balaban J connectivity index is 1.47. The molecule has 4 N–H and O–H groups in total. The molecule has 4 aromatic rings. The van der Waals surface area contributed by atoms with E-state index in [4.69, 9.17) is 4.74 Å². The summed E-state index contributed by atoms with van der Waals surface area (Å²) >= 11 is 0. The van der Waals surface area contributed by atoms with Crippen LogP contribution in [-0.4, -0.2) is 67.4 Å². The average Bonchev–Trinajstić information content (AvgIpc) is 3.48. The van der Waals surface area contributed by atoms with Gasteiger partial charge in [0, 0.05) is 38.7 Å². The highest BCUT2D eigenvalue weighted by molar-refractivity contribution is 5.97. The highest BCUT2D eigenvalue weighted by atomic mass is 19.1. The van der Waals surface area contributed by atoms with Crippen molar-refractivity contribution in [3.05, 3.63) is 59.9 Å². The fraction of sp³-hybridized carbons (Fsp3) is 0.333. The van der Waals surface area contributed by atoms with Crippen LogP contribution in [0.4, 0.5) is 15.8 Å². The summed E-state index contributed by atoms with van der Waals surface area (Å²) in [4.78, 5) is 18.4. The summed E-state index contributed by atoms with van der Waals surface area (Å²) in [6.07, 6.45) is 4.02. The summed E-state index contributed by atoms with van der Waals surface area (Å²) in [5, 5.41) is 22.2. The second kappa shape index (κ2) is 8.88. The van der Waals surface area contributed by atoms with E-state index in [1.165, 1.54) is 0 Å². The fourth-order valence-corrected chi connectivity index (χ4v) is 4.68. The molecular weight excluding hydrogens is 465 g/mol. The molecule has 3 aromatic heterocycles. The molecule has 186 valence electrons. The van der Waals surface area contributed by atoms with Crippen LogP contribution in [-0.2, 0) is 11.8 Å². The zero-order chi connectivity index (χ0) is 24.8. The number of aliphatic hydroxyl groups is 1. The molecule has 2 aliphatic heterocycles. The summed E-state index contributed by atoms with van der Waals surface area (Å²) in [7, 11) is 1.80. The molecule has 11 nitrogen and oxygen atoms in total. The third-order valence-corrected chi connectivity index (χ3v) is 6.41. The first-order valence-corrected chi connectivity index (χ1v) is 11.8. The molecule has 1 saturated heterocycles. The Kier molecular flexibility index (Phi) is 5.53. The van der Waals surface area contributed by atoms with Crippen molar-refractivity contribution in [1.29, 1.82) is 0 Å². The van der Waals surface area contributed by atoms with Gasteiger partial charge in [-0.15, -0.1) is 0 Å². The van der Waals surface area contributed by atoms with Gasteiger partial charge in [-0.25, -0.2) is 19.3 Å². The lowest BCUT2D eigenvalue weighted by Crippen LogP contribution is -2.36. The number of nitrogens with zero attached hydrogens (tertiary/aromatic N) is 6. The quantitative estimate of drug-likeness (QED) is 0.331. The van der Waals surface area contributed by atoms with Crippen molar-refractivity contribution in [2.24, 2.45) is 7.05 Å². The maximum absolute atomic E-state index is 15.6. The minimum atomic E-state index is -1.12. The summed E-state index contributed by atoms with van der Waals surface area (Å²) in [6, 6.07) is 5.01. The van der Waals surface area contributed by atoms with E-state index in [-0.39, 0.29) is 11.6 Å². The Morgan fingerprint density at radius 3 is 2.78 bits per heavy atom. The number of aromatic amines is 1. The smallest absolute Gasteiger partial charge is 0.174 e. The predicted octanol–water partition coefficient (Wildman–Crippen LogP) is 2.03. The van der Waals surface area contributed by atoms with Crippen LogP contribution in [0.5, 0.6) is 0 Å². The number of hydrogen-bond donors (Lipinski definition) is 4. The van der Waals surface area contributed by atoms with Gasteiger partial charge < -0.3 is 30.4 Å². The fourth-order valence-electron chi connectivity index (χ4n) is 4.68. The number of aromatic nitrogens is 6. The molecule has 0 aliphatic carbocycles. The van der Waals surface area contributed by atoms with Gasteiger partial charge in [-0.2, -0.15) is 5.10 Å². The lowest BCUT2D eigenvalue weighted by molar-refractivity contribution is 0.122. The second-order valence-corrected chi connectivity index (χ2v) is 8.85. The van der Waals surface area contributed by atoms with Gasteiger partial charge in [0.2, 0.25) is 0 Å². The van der Waals surface area contributed by atoms with Crippen molar-refractivity contribution >= 4 is 33.7 Å². The van der Waals surface area contributed by atoms with Gasteiger partial charge in [-0.05, 0) is 25.1 Å². The SMILES string of the molecule is C[C@H](NC1=C(c2nc3c(F)c(N4CCOCC4)ccc3[nH]2)C(O)Nc2cn(C)nc21)c1ncccn1. The van der Waals surface area contributed by atoms with Crippen LogP contribution in [0.1, 0.15) is 30.3 Å². The molecule has 36 heavy (non-hydrogen) atoms. The Morgan fingerprint density at radius 2 is 2.00 bits per heavy atom. The van der Waals surface area contributed by atoms with Gasteiger partial charge >= 0.3 is 0 Å². The summed E-state index contributed by atoms with van der Waals surface area (Å²) in [5.74, 6) is 0.513. The highest BCUT2D eigenvalue weighted by Crippen LogP contribution is 2.37. The molecule has 5 heterocycles. The van der Waals surface area contributed by atoms with Crippen LogP contribution in [0.15, 0.2) is 36.8 Å². The van der Waals surface area contributed by atoms with E-state index in [0.29, 0.717) is 71.8 Å². The predicted molar refractivity (Wildman–Crippen MR) is 132 cm³/mol. The number of rotatable bonds is 5. The lowest BCUT2D eigenvalue weighted by atomic mass is 10.0. The summed E-state index contributed by atoms with van der Waals surface area (Å²) in [5.41, 5.74) is 3.48. The maximum Gasteiger partial charge on any atom is 0.174 e. The number of fused-ring (bicyclic) bond motifs is 2. The number of morpholine rings is 1. The molecule has 1 fully saturated rings. The topological polar surface area (TPSA) is 129 Å². The van der Waals surface area contributed by atoms with Gasteiger partial charge in [-0.1, -0.05) is 0 Å². The number of anilines is 2. The van der Waals surface area contributed by atoms with E-state index in [0.717, 1.165) is 0 Å². The molecule has 0 spiro atoms. The van der Waals surface area contributed by atoms with Gasteiger partial charge in [-0.3, -0.25) is 4.68 Å². The zero-order valence-corrected chi connectivity index (χ0v) is 19.9. The Morgan fingerprint density at radius 1 is 1.22 bits per heavy atom. The Hall–Kier alpha value is -4.03. The molecule has 0 bridgehead atoms. The molecule has 0 radical (unpaired) electrons. The largest absolute Gasteiger partial charge is 0.378 e. The van der Waals surface area contributed by atoms with Crippen molar-refractivity contribution in [2.45, 2.75) is 19.2 Å². The highest BCUT2D eigenvalue weighted by Gasteiger charge is 2.32. The van der Waals surface area contributed by atoms with Crippen LogP contribution >= 0.6 is 0 Å². The molecule has 1 aromatic carbocycles. The number of ether oxygens (including phenoxy) is 1. The lowest BCUT2D eigenvalue weighted by Gasteiger charge is -2.29. The third-order valence-electron chi connectivity index (χ3n) is 6.41. The summed E-state index contributed by atoms with van der Waals surface area (Å²) in [6.45, 7) is 4.26. The van der Waals surface area contributed by atoms with Gasteiger partial charge in [0.15, 0.2) is 12.0 Å². The van der Waals surface area contributed by atoms with E-state index in [2.05, 4.69) is 35.7 Å².